The molecule has 4 nitrogen and oxygen atoms in total. The van der Waals surface area contributed by atoms with Gasteiger partial charge in [-0.3, -0.25) is 0 Å². The van der Waals surface area contributed by atoms with E-state index in [2.05, 4.69) is 29.5 Å². The first-order chi connectivity index (χ1) is 6.38. The van der Waals surface area contributed by atoms with Gasteiger partial charge in [0, 0.05) is 19.5 Å². The molecule has 0 amide bonds. The summed E-state index contributed by atoms with van der Waals surface area (Å²) in [5, 5.41) is 11.2. The summed E-state index contributed by atoms with van der Waals surface area (Å²) in [7, 11) is 0. The zero-order chi connectivity index (χ0) is 9.52. The van der Waals surface area contributed by atoms with Crippen molar-refractivity contribution in [3.05, 3.63) is 11.9 Å². The van der Waals surface area contributed by atoms with Crippen LogP contribution in [0.3, 0.4) is 0 Å². The maximum Gasteiger partial charge on any atom is 0.0725 e. The van der Waals surface area contributed by atoms with Gasteiger partial charge in [0.05, 0.1) is 11.9 Å². The quantitative estimate of drug-likeness (QED) is 0.663. The van der Waals surface area contributed by atoms with Crippen LogP contribution in [0.5, 0.6) is 0 Å². The molecule has 0 aliphatic rings. The Balaban J connectivity index is 2.40. The van der Waals surface area contributed by atoms with Crippen molar-refractivity contribution >= 4 is 0 Å². The molecular formula is C9H18N4. The van der Waals surface area contributed by atoms with E-state index in [1.54, 1.807) is 0 Å². The summed E-state index contributed by atoms with van der Waals surface area (Å²) < 4.78 is 1.98. The lowest BCUT2D eigenvalue weighted by Gasteiger charge is -2.04. The lowest BCUT2D eigenvalue weighted by molar-refractivity contribution is 0.548. The highest BCUT2D eigenvalue weighted by Gasteiger charge is 2.01. The Morgan fingerprint density at radius 1 is 1.46 bits per heavy atom. The lowest BCUT2D eigenvalue weighted by atomic mass is 10.3. The van der Waals surface area contributed by atoms with Crippen LogP contribution in [-0.2, 0) is 13.0 Å². The highest BCUT2D eigenvalue weighted by molar-refractivity contribution is 4.94. The summed E-state index contributed by atoms with van der Waals surface area (Å²) in [4.78, 5) is 0. The van der Waals surface area contributed by atoms with Crippen molar-refractivity contribution in [3.8, 4) is 0 Å². The fourth-order valence-corrected chi connectivity index (χ4v) is 1.27. The van der Waals surface area contributed by atoms with Gasteiger partial charge < -0.3 is 5.32 Å². The maximum atomic E-state index is 4.02. The van der Waals surface area contributed by atoms with Crippen molar-refractivity contribution in [3.63, 3.8) is 0 Å². The largest absolute Gasteiger partial charge is 0.317 e. The fraction of sp³-hybridized carbons (Fsp3) is 0.778. The minimum atomic E-state index is 0.974. The van der Waals surface area contributed by atoms with Gasteiger partial charge in [0.15, 0.2) is 0 Å². The second kappa shape index (κ2) is 5.70. The van der Waals surface area contributed by atoms with Crippen molar-refractivity contribution in [1.82, 2.24) is 20.3 Å². The van der Waals surface area contributed by atoms with E-state index in [1.165, 1.54) is 5.69 Å². The fourth-order valence-electron chi connectivity index (χ4n) is 1.27. The van der Waals surface area contributed by atoms with Crippen LogP contribution in [0.1, 0.15) is 26.0 Å². The molecule has 0 unspecified atom stereocenters. The molecule has 1 heterocycles. The van der Waals surface area contributed by atoms with Crippen LogP contribution >= 0.6 is 0 Å². The predicted molar refractivity (Wildman–Crippen MR) is 52.6 cm³/mol. The first-order valence-corrected chi connectivity index (χ1v) is 4.96. The molecule has 0 aromatic carbocycles. The van der Waals surface area contributed by atoms with E-state index in [1.807, 2.05) is 10.9 Å². The Bertz CT molecular complexity index is 231. The number of likely N-dealkylation sites (N-methyl/N-ethyl adjacent to an activating group) is 1. The summed E-state index contributed by atoms with van der Waals surface area (Å²) >= 11 is 0. The van der Waals surface area contributed by atoms with Gasteiger partial charge in [0.25, 0.3) is 0 Å². The molecule has 4 heteroatoms. The van der Waals surface area contributed by atoms with E-state index >= 15 is 0 Å². The lowest BCUT2D eigenvalue weighted by Crippen LogP contribution is -2.18. The predicted octanol–water partition coefficient (Wildman–Crippen LogP) is 0.840. The molecule has 1 rings (SSSR count). The van der Waals surface area contributed by atoms with Crippen molar-refractivity contribution in [1.29, 1.82) is 0 Å². The van der Waals surface area contributed by atoms with Crippen LogP contribution in [0.25, 0.3) is 0 Å². The summed E-state index contributed by atoms with van der Waals surface area (Å²) in [6.45, 7) is 7.27. The van der Waals surface area contributed by atoms with E-state index in [0.717, 1.165) is 32.5 Å². The van der Waals surface area contributed by atoms with Gasteiger partial charge in [0.1, 0.15) is 0 Å². The van der Waals surface area contributed by atoms with E-state index in [0.29, 0.717) is 0 Å². The monoisotopic (exact) mass is 182 g/mol. The Kier molecular flexibility index (Phi) is 4.46. The molecule has 0 saturated heterocycles. The second-order valence-electron chi connectivity index (χ2n) is 3.05. The molecule has 0 saturated carbocycles. The Morgan fingerprint density at radius 3 is 3.00 bits per heavy atom. The SMILES string of the molecule is CCCn1nncc1CCNCC. The van der Waals surface area contributed by atoms with Gasteiger partial charge in [0.2, 0.25) is 0 Å². The van der Waals surface area contributed by atoms with Crippen molar-refractivity contribution in [2.75, 3.05) is 13.1 Å². The highest BCUT2D eigenvalue weighted by atomic mass is 15.4. The number of nitrogens with zero attached hydrogens (tertiary/aromatic N) is 3. The van der Waals surface area contributed by atoms with Crippen LogP contribution in [0.15, 0.2) is 6.20 Å². The third-order valence-corrected chi connectivity index (χ3v) is 1.94. The average molecular weight is 182 g/mol. The first kappa shape index (κ1) is 10.2. The second-order valence-corrected chi connectivity index (χ2v) is 3.05. The van der Waals surface area contributed by atoms with Crippen LogP contribution < -0.4 is 5.32 Å². The van der Waals surface area contributed by atoms with Crippen molar-refractivity contribution in [2.24, 2.45) is 0 Å². The molecule has 13 heavy (non-hydrogen) atoms. The molecule has 1 N–H and O–H groups in total. The first-order valence-electron chi connectivity index (χ1n) is 4.96. The number of hydrogen-bond acceptors (Lipinski definition) is 3. The average Bonchev–Trinajstić information content (AvgIpc) is 2.54. The summed E-state index contributed by atoms with van der Waals surface area (Å²) in [6, 6.07) is 0. The molecule has 0 atom stereocenters. The minimum absolute atomic E-state index is 0.974. The van der Waals surface area contributed by atoms with Crippen molar-refractivity contribution in [2.45, 2.75) is 33.2 Å². The standard InChI is InChI=1S/C9H18N4/c1-3-7-13-9(8-11-12-13)5-6-10-4-2/h8,10H,3-7H2,1-2H3. The molecule has 74 valence electrons. The topological polar surface area (TPSA) is 42.7 Å². The Morgan fingerprint density at radius 2 is 2.31 bits per heavy atom. The third kappa shape index (κ3) is 3.14. The zero-order valence-electron chi connectivity index (χ0n) is 8.45. The number of hydrogen-bond donors (Lipinski definition) is 1. The molecule has 0 spiro atoms. The van der Waals surface area contributed by atoms with Crippen molar-refractivity contribution < 1.29 is 0 Å². The zero-order valence-corrected chi connectivity index (χ0v) is 8.45. The number of aryl methyl sites for hydroxylation is 1. The van der Waals surface area contributed by atoms with Gasteiger partial charge in [-0.2, -0.15) is 0 Å². The van der Waals surface area contributed by atoms with E-state index in [4.69, 9.17) is 0 Å². The molecule has 0 radical (unpaired) electrons. The van der Waals surface area contributed by atoms with E-state index in [-0.39, 0.29) is 0 Å². The third-order valence-electron chi connectivity index (χ3n) is 1.94. The number of nitrogens with one attached hydrogen (secondary N) is 1. The van der Waals surface area contributed by atoms with Gasteiger partial charge in [-0.25, -0.2) is 4.68 Å². The highest BCUT2D eigenvalue weighted by Crippen LogP contribution is 1.98. The molecular weight excluding hydrogens is 164 g/mol. The summed E-state index contributed by atoms with van der Waals surface area (Å²) in [5.41, 5.74) is 1.22. The Hall–Kier alpha value is -0.900. The molecule has 0 fully saturated rings. The van der Waals surface area contributed by atoms with Crippen LogP contribution in [0.2, 0.25) is 0 Å². The van der Waals surface area contributed by atoms with Crippen LogP contribution in [0.4, 0.5) is 0 Å². The van der Waals surface area contributed by atoms with Crippen LogP contribution in [-0.4, -0.2) is 28.1 Å². The van der Waals surface area contributed by atoms with E-state index in [9.17, 15) is 0 Å². The normalized spacial score (nSPS) is 10.6. The Labute approximate surface area is 79.3 Å². The molecule has 0 aliphatic heterocycles. The minimum Gasteiger partial charge on any atom is -0.317 e. The molecule has 0 bridgehead atoms. The van der Waals surface area contributed by atoms with Gasteiger partial charge in [-0.1, -0.05) is 19.1 Å². The molecule has 0 aliphatic carbocycles. The number of rotatable bonds is 6. The molecule has 1 aromatic heterocycles. The summed E-state index contributed by atoms with van der Waals surface area (Å²) in [6.07, 6.45) is 3.98. The number of aromatic nitrogens is 3. The van der Waals surface area contributed by atoms with Gasteiger partial charge in [-0.15, -0.1) is 5.10 Å². The van der Waals surface area contributed by atoms with Gasteiger partial charge >= 0.3 is 0 Å². The molecule has 1 aromatic rings. The van der Waals surface area contributed by atoms with E-state index < -0.39 is 0 Å². The van der Waals surface area contributed by atoms with Gasteiger partial charge in [-0.05, 0) is 13.0 Å². The van der Waals surface area contributed by atoms with Crippen LogP contribution in [0, 0.1) is 0 Å². The maximum absolute atomic E-state index is 4.02. The smallest absolute Gasteiger partial charge is 0.0725 e. The summed E-state index contributed by atoms with van der Waals surface area (Å²) in [5.74, 6) is 0.